The lowest BCUT2D eigenvalue weighted by atomic mass is 10.7. The summed E-state index contributed by atoms with van der Waals surface area (Å²) in [5, 5.41) is 0. The molecular weight excluding hydrogens is 204 g/mol. The van der Waals surface area contributed by atoms with Crippen LogP contribution < -0.4 is 0 Å². The Balaban J connectivity index is 0.000000241. The molecule has 0 radical (unpaired) electrons. The van der Waals surface area contributed by atoms with Crippen LogP contribution in [0.5, 0.6) is 0 Å². The molecule has 1 rings (SSSR count). The van der Waals surface area contributed by atoms with E-state index in [1.165, 1.54) is 0 Å². The molecule has 80 valence electrons. The van der Waals surface area contributed by atoms with Crippen LogP contribution >= 0.6 is 0 Å². The summed E-state index contributed by atoms with van der Waals surface area (Å²) in [4.78, 5) is 3.86. The van der Waals surface area contributed by atoms with Gasteiger partial charge in [-0.25, -0.2) is 4.98 Å². The Morgan fingerprint density at radius 1 is 1.64 bits per heavy atom. The van der Waals surface area contributed by atoms with Crippen molar-refractivity contribution in [2.45, 2.75) is 13.5 Å². The van der Waals surface area contributed by atoms with Gasteiger partial charge >= 0.3 is 0 Å². The molecule has 6 heteroatoms. The predicted molar refractivity (Wildman–Crippen MR) is 54.5 cm³/mol. The predicted octanol–water partition coefficient (Wildman–Crippen LogP) is 0.963. The number of hydrogen-bond acceptors (Lipinski definition) is 3. The second-order valence-electron chi connectivity index (χ2n) is 2.43. The number of imidazole rings is 1. The Morgan fingerprint density at radius 3 is 2.43 bits per heavy atom. The molecule has 0 saturated carbocycles. The van der Waals surface area contributed by atoms with Crippen LogP contribution in [-0.2, 0) is 16.7 Å². The smallest absolute Gasteiger partial charge is 0.268 e. The Labute approximate surface area is 83.8 Å². The molecule has 1 N–H and O–H groups in total. The monoisotopic (exact) mass is 218 g/mol. The maximum atomic E-state index is 9.72. The summed E-state index contributed by atoms with van der Waals surface area (Å²) in [6, 6.07) is 0. The van der Waals surface area contributed by atoms with Crippen LogP contribution in [0.3, 0.4) is 0 Å². The first-order valence-corrected chi connectivity index (χ1v) is 5.62. The van der Waals surface area contributed by atoms with Gasteiger partial charge in [-0.05, 0) is 6.92 Å². The van der Waals surface area contributed by atoms with Crippen molar-refractivity contribution in [1.82, 2.24) is 9.55 Å². The first kappa shape index (κ1) is 12.9. The summed E-state index contributed by atoms with van der Waals surface area (Å²) in [6.45, 7) is 6.21. The zero-order chi connectivity index (χ0) is 11.0. The largest absolute Gasteiger partial charge is 0.338 e. The van der Waals surface area contributed by atoms with Crippen molar-refractivity contribution < 1.29 is 13.0 Å². The summed E-state index contributed by atoms with van der Waals surface area (Å²) >= 11 is 0. The highest BCUT2D eigenvalue weighted by atomic mass is 32.2. The van der Waals surface area contributed by atoms with E-state index in [4.69, 9.17) is 4.55 Å². The quantitative estimate of drug-likeness (QED) is 0.606. The van der Waals surface area contributed by atoms with E-state index in [0.717, 1.165) is 12.6 Å². The van der Waals surface area contributed by atoms with Gasteiger partial charge in [-0.3, -0.25) is 4.55 Å². The summed E-state index contributed by atoms with van der Waals surface area (Å²) in [6.07, 6.45) is 6.65. The molecule has 0 fully saturated rings. The normalized spacial score (nSPS) is 10.1. The second-order valence-corrected chi connectivity index (χ2v) is 3.93. The van der Waals surface area contributed by atoms with E-state index < -0.39 is 10.1 Å². The molecule has 0 saturated heterocycles. The van der Waals surface area contributed by atoms with Crippen molar-refractivity contribution in [2.75, 3.05) is 5.75 Å². The number of rotatable bonds is 3. The molecule has 1 aromatic heterocycles. The highest BCUT2D eigenvalue weighted by molar-refractivity contribution is 7.85. The molecule has 5 nitrogen and oxygen atoms in total. The van der Waals surface area contributed by atoms with E-state index in [-0.39, 0.29) is 5.75 Å². The fourth-order valence-corrected chi connectivity index (χ4v) is 0.921. The average Bonchev–Trinajstić information content (AvgIpc) is 2.54. The number of hydrogen-bond donors (Lipinski definition) is 1. The SMILES string of the molecule is C=CCS(=O)(=O)O.CCn1ccnc1. The summed E-state index contributed by atoms with van der Waals surface area (Å²) in [7, 11) is -3.79. The van der Waals surface area contributed by atoms with Gasteiger partial charge in [0, 0.05) is 18.9 Å². The van der Waals surface area contributed by atoms with Crippen LogP contribution in [0.2, 0.25) is 0 Å². The zero-order valence-electron chi connectivity index (χ0n) is 8.00. The Kier molecular flexibility index (Phi) is 5.82. The minimum atomic E-state index is -3.79. The molecule has 0 aliphatic rings. The van der Waals surface area contributed by atoms with Crippen LogP contribution in [-0.4, -0.2) is 28.3 Å². The van der Waals surface area contributed by atoms with E-state index >= 15 is 0 Å². The van der Waals surface area contributed by atoms with E-state index in [2.05, 4.69) is 18.5 Å². The number of nitrogens with zero attached hydrogens (tertiary/aromatic N) is 2. The molecule has 1 aromatic rings. The minimum Gasteiger partial charge on any atom is -0.338 e. The second kappa shape index (κ2) is 6.33. The molecular formula is C8H14N2O3S. The van der Waals surface area contributed by atoms with Crippen LogP contribution in [0.1, 0.15) is 6.92 Å². The number of aryl methyl sites for hydroxylation is 1. The lowest BCUT2D eigenvalue weighted by Gasteiger charge is -1.87. The van der Waals surface area contributed by atoms with Crippen LogP contribution in [0.25, 0.3) is 0 Å². The Morgan fingerprint density at radius 2 is 2.29 bits per heavy atom. The first-order valence-electron chi connectivity index (χ1n) is 4.01. The van der Waals surface area contributed by atoms with Gasteiger partial charge in [0.25, 0.3) is 10.1 Å². The van der Waals surface area contributed by atoms with Gasteiger partial charge in [0.2, 0.25) is 0 Å². The summed E-state index contributed by atoms with van der Waals surface area (Å²) in [5.74, 6) is -0.368. The maximum Gasteiger partial charge on any atom is 0.268 e. The van der Waals surface area contributed by atoms with Crippen molar-refractivity contribution in [2.24, 2.45) is 0 Å². The van der Waals surface area contributed by atoms with Gasteiger partial charge in [-0.15, -0.1) is 6.58 Å². The minimum absolute atomic E-state index is 0.368. The van der Waals surface area contributed by atoms with E-state index in [1.807, 2.05) is 10.8 Å². The highest BCUT2D eigenvalue weighted by Crippen LogP contribution is 1.81. The van der Waals surface area contributed by atoms with Crippen molar-refractivity contribution in [1.29, 1.82) is 0 Å². The van der Waals surface area contributed by atoms with E-state index in [0.29, 0.717) is 0 Å². The van der Waals surface area contributed by atoms with Gasteiger partial charge in [-0.2, -0.15) is 8.42 Å². The molecule has 14 heavy (non-hydrogen) atoms. The summed E-state index contributed by atoms with van der Waals surface area (Å²) in [5.41, 5.74) is 0. The van der Waals surface area contributed by atoms with Crippen LogP contribution in [0, 0.1) is 0 Å². The fraction of sp³-hybridized carbons (Fsp3) is 0.375. The molecule has 0 aliphatic carbocycles. The fourth-order valence-electron chi connectivity index (χ4n) is 0.623. The topological polar surface area (TPSA) is 72.2 Å². The Hall–Kier alpha value is -1.14. The molecule has 0 amide bonds. The standard InChI is InChI=1S/C5H8N2.C3H6O3S/c1-2-7-4-3-6-5-7;1-2-3-7(4,5)6/h3-5H,2H2,1H3;2H,1,3H2,(H,4,5,6). The summed E-state index contributed by atoms with van der Waals surface area (Å²) < 4.78 is 29.4. The average molecular weight is 218 g/mol. The molecule has 0 bridgehead atoms. The molecule has 0 unspecified atom stereocenters. The van der Waals surface area contributed by atoms with E-state index in [9.17, 15) is 8.42 Å². The zero-order valence-corrected chi connectivity index (χ0v) is 8.81. The molecule has 0 aliphatic heterocycles. The lowest BCUT2D eigenvalue weighted by Crippen LogP contribution is -1.99. The van der Waals surface area contributed by atoms with Crippen molar-refractivity contribution in [3.8, 4) is 0 Å². The third-order valence-corrected chi connectivity index (χ3v) is 1.91. The van der Waals surface area contributed by atoms with Crippen molar-refractivity contribution in [3.05, 3.63) is 31.4 Å². The van der Waals surface area contributed by atoms with Crippen molar-refractivity contribution >= 4 is 10.1 Å². The molecule has 0 aromatic carbocycles. The van der Waals surface area contributed by atoms with Gasteiger partial charge in [0.15, 0.2) is 0 Å². The molecule has 1 heterocycles. The lowest BCUT2D eigenvalue weighted by molar-refractivity contribution is 0.487. The van der Waals surface area contributed by atoms with Crippen molar-refractivity contribution in [3.63, 3.8) is 0 Å². The Bertz CT molecular complexity index is 343. The van der Waals surface area contributed by atoms with E-state index in [1.54, 1.807) is 12.5 Å². The van der Waals surface area contributed by atoms with Crippen LogP contribution in [0.15, 0.2) is 31.4 Å². The van der Waals surface area contributed by atoms with Gasteiger partial charge < -0.3 is 4.57 Å². The third kappa shape index (κ3) is 7.51. The molecule has 0 atom stereocenters. The molecule has 0 spiro atoms. The highest BCUT2D eigenvalue weighted by Gasteiger charge is 1.95. The third-order valence-electron chi connectivity index (χ3n) is 1.25. The number of aromatic nitrogens is 2. The van der Waals surface area contributed by atoms with Gasteiger partial charge in [-0.1, -0.05) is 6.08 Å². The first-order chi connectivity index (χ1) is 6.49. The van der Waals surface area contributed by atoms with Gasteiger partial charge in [0.1, 0.15) is 0 Å². The van der Waals surface area contributed by atoms with Crippen LogP contribution in [0.4, 0.5) is 0 Å². The maximum absolute atomic E-state index is 9.72. The van der Waals surface area contributed by atoms with Gasteiger partial charge in [0.05, 0.1) is 12.1 Å².